The molecule has 0 saturated carbocycles. The molecule has 1 aliphatic heterocycles. The average molecular weight is 478 g/mol. The molecule has 35 heavy (non-hydrogen) atoms. The summed E-state index contributed by atoms with van der Waals surface area (Å²) in [4.78, 5) is 23.7. The van der Waals surface area contributed by atoms with Gasteiger partial charge in [0.2, 0.25) is 0 Å². The van der Waals surface area contributed by atoms with Gasteiger partial charge in [-0.1, -0.05) is 19.1 Å². The summed E-state index contributed by atoms with van der Waals surface area (Å²) in [5.74, 6) is 1.62. The number of nitrogens with zero attached hydrogens (tertiary/aromatic N) is 4. The van der Waals surface area contributed by atoms with Crippen LogP contribution < -0.4 is 5.32 Å². The van der Waals surface area contributed by atoms with Crippen molar-refractivity contribution in [2.75, 3.05) is 25.0 Å². The van der Waals surface area contributed by atoms with Gasteiger partial charge in [-0.3, -0.25) is 0 Å². The molecule has 3 heterocycles. The van der Waals surface area contributed by atoms with Crippen molar-refractivity contribution in [2.24, 2.45) is 5.92 Å². The minimum Gasteiger partial charge on any atom is -0.444 e. The molecular formula is C28H39N5O2. The highest BCUT2D eigenvalue weighted by atomic mass is 16.6. The first-order valence-corrected chi connectivity index (χ1v) is 12.8. The molecule has 1 amide bonds. The highest BCUT2D eigenvalue weighted by Crippen LogP contribution is 2.23. The summed E-state index contributed by atoms with van der Waals surface area (Å²) in [5.41, 5.74) is 6.09. The topological polar surface area (TPSA) is 72.3 Å². The van der Waals surface area contributed by atoms with Gasteiger partial charge in [0.25, 0.3) is 0 Å². The van der Waals surface area contributed by atoms with Crippen LogP contribution in [0.3, 0.4) is 0 Å². The van der Waals surface area contributed by atoms with Crippen molar-refractivity contribution < 1.29 is 9.53 Å². The number of hydrogen-bond donors (Lipinski definition) is 1. The first-order chi connectivity index (χ1) is 16.6. The van der Waals surface area contributed by atoms with Crippen LogP contribution in [-0.2, 0) is 17.7 Å². The van der Waals surface area contributed by atoms with Crippen LogP contribution in [0.15, 0.2) is 30.3 Å². The van der Waals surface area contributed by atoms with E-state index < -0.39 is 5.60 Å². The highest BCUT2D eigenvalue weighted by molar-refractivity contribution is 5.76. The van der Waals surface area contributed by atoms with Crippen LogP contribution in [0.2, 0.25) is 0 Å². The maximum atomic E-state index is 12.3. The van der Waals surface area contributed by atoms with Crippen molar-refractivity contribution >= 4 is 22.9 Å². The second kappa shape index (κ2) is 10.3. The normalized spacial score (nSPS) is 15.0. The number of piperidine rings is 1. The lowest BCUT2D eigenvalue weighted by Gasteiger charge is -2.33. The molecule has 0 atom stereocenters. The Morgan fingerprint density at radius 2 is 1.80 bits per heavy atom. The molecule has 2 aromatic heterocycles. The first kappa shape index (κ1) is 25.0. The quantitative estimate of drug-likeness (QED) is 0.492. The number of fused-ring (bicyclic) bond motifs is 1. The van der Waals surface area contributed by atoms with Gasteiger partial charge in [0.1, 0.15) is 16.9 Å². The molecule has 0 spiro atoms. The Balaban J connectivity index is 1.33. The Labute approximate surface area is 208 Å². The maximum absolute atomic E-state index is 12.3. The van der Waals surface area contributed by atoms with E-state index in [0.717, 1.165) is 73.8 Å². The molecule has 1 aliphatic rings. The molecule has 7 nitrogen and oxygen atoms in total. The number of pyridine rings is 1. The largest absolute Gasteiger partial charge is 0.444 e. The minimum atomic E-state index is -0.445. The van der Waals surface area contributed by atoms with Crippen molar-refractivity contribution in [3.63, 3.8) is 0 Å². The van der Waals surface area contributed by atoms with Crippen LogP contribution in [0.4, 0.5) is 10.5 Å². The third-order valence-electron chi connectivity index (χ3n) is 6.57. The Kier molecular flexibility index (Phi) is 7.33. The summed E-state index contributed by atoms with van der Waals surface area (Å²) in [7, 11) is 0. The fourth-order valence-corrected chi connectivity index (χ4v) is 4.70. The highest BCUT2D eigenvalue weighted by Gasteiger charge is 2.26. The molecule has 1 saturated heterocycles. The molecule has 0 aliphatic carbocycles. The van der Waals surface area contributed by atoms with Gasteiger partial charge >= 0.3 is 6.09 Å². The fourth-order valence-electron chi connectivity index (χ4n) is 4.70. The van der Waals surface area contributed by atoms with Crippen LogP contribution in [-0.4, -0.2) is 50.8 Å². The molecule has 1 aromatic carbocycles. The van der Waals surface area contributed by atoms with Gasteiger partial charge in [-0.25, -0.2) is 14.8 Å². The predicted molar refractivity (Wildman–Crippen MR) is 141 cm³/mol. The van der Waals surface area contributed by atoms with Crippen molar-refractivity contribution in [2.45, 2.75) is 73.0 Å². The van der Waals surface area contributed by atoms with E-state index in [2.05, 4.69) is 54.1 Å². The van der Waals surface area contributed by atoms with Crippen LogP contribution in [0.5, 0.6) is 0 Å². The lowest BCUT2D eigenvalue weighted by Crippen LogP contribution is -2.42. The number of benzene rings is 1. The van der Waals surface area contributed by atoms with Gasteiger partial charge in [-0.15, -0.1) is 0 Å². The lowest BCUT2D eigenvalue weighted by atomic mass is 9.97. The smallest absolute Gasteiger partial charge is 0.410 e. The number of hydrogen-bond acceptors (Lipinski definition) is 5. The second-order valence-electron chi connectivity index (χ2n) is 10.7. The minimum absolute atomic E-state index is 0.197. The van der Waals surface area contributed by atoms with Gasteiger partial charge in [0.05, 0.1) is 6.54 Å². The number of anilines is 1. The lowest BCUT2D eigenvalue weighted by molar-refractivity contribution is 0.0188. The number of aromatic nitrogens is 3. The molecule has 7 heteroatoms. The van der Waals surface area contributed by atoms with E-state index in [-0.39, 0.29) is 6.09 Å². The third-order valence-corrected chi connectivity index (χ3v) is 6.57. The van der Waals surface area contributed by atoms with Crippen molar-refractivity contribution in [3.05, 3.63) is 53.0 Å². The Bertz CT molecular complexity index is 1170. The van der Waals surface area contributed by atoms with E-state index in [1.165, 1.54) is 11.1 Å². The van der Waals surface area contributed by atoms with Crippen LogP contribution >= 0.6 is 0 Å². The van der Waals surface area contributed by atoms with Gasteiger partial charge in [0.15, 0.2) is 5.65 Å². The number of likely N-dealkylation sites (tertiary alicyclic amines) is 1. The summed E-state index contributed by atoms with van der Waals surface area (Å²) in [6.45, 7) is 15.2. The number of imidazole rings is 1. The average Bonchev–Trinajstić information content (AvgIpc) is 3.15. The second-order valence-corrected chi connectivity index (χ2v) is 10.7. The molecule has 0 bridgehead atoms. The summed E-state index contributed by atoms with van der Waals surface area (Å²) >= 11 is 0. The number of carbonyl (C=O) groups is 1. The summed E-state index contributed by atoms with van der Waals surface area (Å²) in [6.07, 6.45) is 2.66. The summed E-state index contributed by atoms with van der Waals surface area (Å²) < 4.78 is 7.75. The number of rotatable bonds is 6. The Hall–Kier alpha value is -3.09. The van der Waals surface area contributed by atoms with Crippen LogP contribution in [0, 0.1) is 19.8 Å². The van der Waals surface area contributed by atoms with Gasteiger partial charge in [-0.2, -0.15) is 0 Å². The molecule has 3 aromatic rings. The molecule has 4 rings (SSSR count). The van der Waals surface area contributed by atoms with Crippen molar-refractivity contribution in [3.8, 4) is 0 Å². The van der Waals surface area contributed by atoms with E-state index in [1.807, 2.05) is 32.6 Å². The predicted octanol–water partition coefficient (Wildman–Crippen LogP) is 5.72. The number of aryl methyl sites for hydroxylation is 3. The van der Waals surface area contributed by atoms with E-state index in [9.17, 15) is 4.79 Å². The molecule has 0 unspecified atom stereocenters. The van der Waals surface area contributed by atoms with E-state index in [0.29, 0.717) is 5.92 Å². The summed E-state index contributed by atoms with van der Waals surface area (Å²) in [6, 6.07) is 10.8. The molecule has 1 fully saturated rings. The number of amides is 1. The van der Waals surface area contributed by atoms with Gasteiger partial charge in [0, 0.05) is 37.4 Å². The van der Waals surface area contributed by atoms with E-state index >= 15 is 0 Å². The van der Waals surface area contributed by atoms with E-state index in [4.69, 9.17) is 14.7 Å². The van der Waals surface area contributed by atoms with Crippen molar-refractivity contribution in [1.82, 2.24) is 19.4 Å². The van der Waals surface area contributed by atoms with E-state index in [1.54, 1.807) is 0 Å². The first-order valence-electron chi connectivity index (χ1n) is 12.8. The molecule has 188 valence electrons. The maximum Gasteiger partial charge on any atom is 0.410 e. The number of ether oxygens (including phenoxy) is 1. The van der Waals surface area contributed by atoms with Gasteiger partial charge in [-0.05, 0) is 82.7 Å². The molecule has 0 radical (unpaired) electrons. The van der Waals surface area contributed by atoms with Crippen molar-refractivity contribution in [1.29, 1.82) is 0 Å². The zero-order valence-corrected chi connectivity index (χ0v) is 22.0. The van der Waals surface area contributed by atoms with Crippen LogP contribution in [0.25, 0.3) is 11.2 Å². The number of nitrogens with one attached hydrogen (secondary N) is 1. The Morgan fingerprint density at radius 3 is 2.43 bits per heavy atom. The Morgan fingerprint density at radius 1 is 1.11 bits per heavy atom. The third kappa shape index (κ3) is 6.13. The standard InChI is InChI=1S/C28H39N5O2/c1-7-24-31-25-19(2)16-20(3)30-26(25)33(24)18-22-8-10-23(11-9-22)29-17-21-12-14-32(15-13-21)27(34)35-28(4,5)6/h8-11,16,21,29H,7,12-15,17-18H2,1-6H3. The number of carbonyl (C=O) groups excluding carboxylic acids is 1. The monoisotopic (exact) mass is 477 g/mol. The SMILES string of the molecule is CCc1nc2c(C)cc(C)nc2n1Cc1ccc(NCC2CCN(C(=O)OC(C)(C)C)CC2)cc1. The molecule has 1 N–H and O–H groups in total. The van der Waals surface area contributed by atoms with Gasteiger partial charge < -0.3 is 19.5 Å². The zero-order valence-electron chi connectivity index (χ0n) is 22.0. The van der Waals surface area contributed by atoms with Crippen LogP contribution in [0.1, 0.15) is 63.2 Å². The zero-order chi connectivity index (χ0) is 25.2. The molecular weight excluding hydrogens is 438 g/mol. The summed E-state index contributed by atoms with van der Waals surface area (Å²) in [5, 5.41) is 3.58. The fraction of sp³-hybridized carbons (Fsp3) is 0.536.